The van der Waals surface area contributed by atoms with E-state index >= 15 is 0 Å². The van der Waals surface area contributed by atoms with Gasteiger partial charge in [0.15, 0.2) is 0 Å². The summed E-state index contributed by atoms with van der Waals surface area (Å²) in [6, 6.07) is 7.37. The molecular formula is C17H20F3NO. The van der Waals surface area contributed by atoms with Gasteiger partial charge in [-0.25, -0.2) is 0 Å². The molecule has 1 saturated heterocycles. The maximum Gasteiger partial charge on any atom is 0.573 e. The third kappa shape index (κ3) is 3.64. The summed E-state index contributed by atoms with van der Waals surface area (Å²) in [5, 5.41) is 0. The molecule has 0 spiro atoms. The van der Waals surface area contributed by atoms with Crippen molar-refractivity contribution in [3.8, 4) is 5.75 Å². The lowest BCUT2D eigenvalue weighted by molar-refractivity contribution is -0.274. The number of nitrogens with zero attached hydrogens (tertiary/aromatic N) is 1. The van der Waals surface area contributed by atoms with Crippen LogP contribution in [-0.2, 0) is 6.42 Å². The molecule has 2 heterocycles. The second-order valence-electron chi connectivity index (χ2n) is 6.22. The Hall–Kier alpha value is -1.49. The standard InChI is InChI=1S/C17H20F3NO/c1-21-14-5-3-6-15(21)10-13(9-14)8-12-4-2-7-16(11-12)22-17(18,19)20/h2,4,7,9,11,14-15H,3,5-6,8,10H2,1H3. The second-order valence-corrected chi connectivity index (χ2v) is 6.22. The van der Waals surface area contributed by atoms with E-state index in [2.05, 4.69) is 22.8 Å². The molecule has 0 saturated carbocycles. The number of alkyl halides is 3. The molecule has 0 N–H and O–H groups in total. The van der Waals surface area contributed by atoms with Gasteiger partial charge in [0, 0.05) is 12.1 Å². The van der Waals surface area contributed by atoms with Gasteiger partial charge in [-0.15, -0.1) is 13.2 Å². The van der Waals surface area contributed by atoms with Crippen LogP contribution in [0.3, 0.4) is 0 Å². The summed E-state index contributed by atoms with van der Waals surface area (Å²) in [5.74, 6) is -0.140. The zero-order chi connectivity index (χ0) is 15.7. The van der Waals surface area contributed by atoms with Crippen LogP contribution in [0, 0.1) is 0 Å². The van der Waals surface area contributed by atoms with Crippen LogP contribution in [0.4, 0.5) is 13.2 Å². The first-order valence-corrected chi connectivity index (χ1v) is 7.67. The third-order valence-corrected chi connectivity index (χ3v) is 4.63. The smallest absolute Gasteiger partial charge is 0.406 e. The highest BCUT2D eigenvalue weighted by Crippen LogP contribution is 2.33. The molecule has 2 aliphatic rings. The molecule has 0 aliphatic carbocycles. The first-order valence-electron chi connectivity index (χ1n) is 7.67. The highest BCUT2D eigenvalue weighted by atomic mass is 19.4. The minimum Gasteiger partial charge on any atom is -0.406 e. The van der Waals surface area contributed by atoms with Crippen molar-refractivity contribution in [1.82, 2.24) is 4.90 Å². The van der Waals surface area contributed by atoms with Crippen molar-refractivity contribution in [2.24, 2.45) is 0 Å². The molecule has 1 aromatic carbocycles. The van der Waals surface area contributed by atoms with Crippen LogP contribution in [0.1, 0.15) is 31.2 Å². The van der Waals surface area contributed by atoms with E-state index < -0.39 is 6.36 Å². The summed E-state index contributed by atoms with van der Waals surface area (Å²) in [7, 11) is 2.17. The maximum atomic E-state index is 12.3. The molecule has 2 aliphatic heterocycles. The van der Waals surface area contributed by atoms with Gasteiger partial charge >= 0.3 is 6.36 Å². The van der Waals surface area contributed by atoms with E-state index in [-0.39, 0.29) is 5.75 Å². The summed E-state index contributed by atoms with van der Waals surface area (Å²) in [4.78, 5) is 2.43. The van der Waals surface area contributed by atoms with Crippen LogP contribution in [0.15, 0.2) is 35.9 Å². The molecule has 5 heteroatoms. The SMILES string of the molecule is CN1C2C=C(Cc3cccc(OC(F)(F)F)c3)CC1CCC2. The predicted octanol–water partition coefficient (Wildman–Crippen LogP) is 4.31. The third-order valence-electron chi connectivity index (χ3n) is 4.63. The molecule has 2 unspecified atom stereocenters. The summed E-state index contributed by atoms with van der Waals surface area (Å²) in [5.41, 5.74) is 2.20. The first kappa shape index (κ1) is 15.4. The van der Waals surface area contributed by atoms with Gasteiger partial charge in [-0.05, 0) is 50.4 Å². The summed E-state index contributed by atoms with van der Waals surface area (Å²) >= 11 is 0. The predicted molar refractivity (Wildman–Crippen MR) is 78.7 cm³/mol. The van der Waals surface area contributed by atoms with Crippen molar-refractivity contribution in [1.29, 1.82) is 0 Å². The monoisotopic (exact) mass is 311 g/mol. The highest BCUT2D eigenvalue weighted by molar-refractivity contribution is 5.32. The van der Waals surface area contributed by atoms with Crippen LogP contribution < -0.4 is 4.74 Å². The summed E-state index contributed by atoms with van der Waals surface area (Å²) in [6.07, 6.45) is 3.02. The van der Waals surface area contributed by atoms with Gasteiger partial charge in [0.25, 0.3) is 0 Å². The number of rotatable bonds is 3. The van der Waals surface area contributed by atoms with E-state index in [0.717, 1.165) is 12.0 Å². The topological polar surface area (TPSA) is 12.5 Å². The number of hydrogen-bond donors (Lipinski definition) is 0. The molecular weight excluding hydrogens is 291 g/mol. The Bertz CT molecular complexity index is 567. The number of likely N-dealkylation sites (N-methyl/N-ethyl adjacent to an activating group) is 1. The second kappa shape index (κ2) is 5.95. The number of fused-ring (bicyclic) bond motifs is 2. The van der Waals surface area contributed by atoms with Gasteiger partial charge in [-0.1, -0.05) is 30.2 Å². The van der Waals surface area contributed by atoms with Gasteiger partial charge in [0.1, 0.15) is 5.75 Å². The quantitative estimate of drug-likeness (QED) is 0.771. The van der Waals surface area contributed by atoms with Crippen molar-refractivity contribution in [2.45, 2.75) is 50.6 Å². The van der Waals surface area contributed by atoms with Crippen molar-refractivity contribution in [2.75, 3.05) is 7.05 Å². The molecule has 120 valence electrons. The molecule has 1 fully saturated rings. The Morgan fingerprint density at radius 2 is 2.09 bits per heavy atom. The van der Waals surface area contributed by atoms with Gasteiger partial charge in [-0.3, -0.25) is 4.90 Å². The summed E-state index contributed by atoms with van der Waals surface area (Å²) < 4.78 is 40.9. The maximum absolute atomic E-state index is 12.3. The number of ether oxygens (including phenoxy) is 1. The van der Waals surface area contributed by atoms with Crippen LogP contribution in [0.25, 0.3) is 0 Å². The molecule has 0 aromatic heterocycles. The average molecular weight is 311 g/mol. The normalized spacial score (nSPS) is 25.7. The molecule has 3 rings (SSSR count). The Balaban J connectivity index is 1.72. The van der Waals surface area contributed by atoms with E-state index in [1.165, 1.54) is 37.0 Å². The van der Waals surface area contributed by atoms with Crippen LogP contribution in [0.2, 0.25) is 0 Å². The lowest BCUT2D eigenvalue weighted by atomic mass is 9.84. The van der Waals surface area contributed by atoms with Crippen molar-refractivity contribution >= 4 is 0 Å². The molecule has 2 bridgehead atoms. The Morgan fingerprint density at radius 1 is 1.27 bits per heavy atom. The molecule has 2 nitrogen and oxygen atoms in total. The average Bonchev–Trinajstić information content (AvgIpc) is 2.38. The molecule has 0 amide bonds. The van der Waals surface area contributed by atoms with E-state index in [0.29, 0.717) is 18.5 Å². The Morgan fingerprint density at radius 3 is 2.82 bits per heavy atom. The lowest BCUT2D eigenvalue weighted by Crippen LogP contribution is -2.46. The number of halogens is 3. The van der Waals surface area contributed by atoms with Crippen molar-refractivity contribution < 1.29 is 17.9 Å². The summed E-state index contributed by atoms with van der Waals surface area (Å²) in [6.45, 7) is 0. The fourth-order valence-electron chi connectivity index (χ4n) is 3.58. The van der Waals surface area contributed by atoms with Crippen LogP contribution in [-0.4, -0.2) is 30.4 Å². The number of hydrogen-bond acceptors (Lipinski definition) is 2. The number of piperidine rings is 1. The highest BCUT2D eigenvalue weighted by Gasteiger charge is 2.32. The first-order chi connectivity index (χ1) is 10.4. The van der Waals surface area contributed by atoms with Crippen molar-refractivity contribution in [3.63, 3.8) is 0 Å². The van der Waals surface area contributed by atoms with Crippen molar-refractivity contribution in [3.05, 3.63) is 41.5 Å². The van der Waals surface area contributed by atoms with E-state index in [9.17, 15) is 13.2 Å². The van der Waals surface area contributed by atoms with Crippen LogP contribution in [0.5, 0.6) is 5.75 Å². The molecule has 2 atom stereocenters. The van der Waals surface area contributed by atoms with Gasteiger partial charge in [0.2, 0.25) is 0 Å². The number of benzene rings is 1. The minimum absolute atomic E-state index is 0.140. The lowest BCUT2D eigenvalue weighted by Gasteiger charge is -2.42. The molecule has 22 heavy (non-hydrogen) atoms. The Kier molecular flexibility index (Phi) is 4.17. The Labute approximate surface area is 128 Å². The van der Waals surface area contributed by atoms with E-state index in [1.807, 2.05) is 6.07 Å². The van der Waals surface area contributed by atoms with E-state index in [1.54, 1.807) is 6.07 Å². The molecule has 0 radical (unpaired) electrons. The van der Waals surface area contributed by atoms with E-state index in [4.69, 9.17) is 0 Å². The van der Waals surface area contributed by atoms with Gasteiger partial charge in [0.05, 0.1) is 0 Å². The fourth-order valence-corrected chi connectivity index (χ4v) is 3.58. The molecule has 1 aromatic rings. The zero-order valence-corrected chi connectivity index (χ0v) is 12.6. The minimum atomic E-state index is -4.64. The fraction of sp³-hybridized carbons (Fsp3) is 0.529. The zero-order valence-electron chi connectivity index (χ0n) is 12.6. The largest absolute Gasteiger partial charge is 0.573 e. The van der Waals surface area contributed by atoms with Gasteiger partial charge in [-0.2, -0.15) is 0 Å². The van der Waals surface area contributed by atoms with Crippen LogP contribution >= 0.6 is 0 Å². The van der Waals surface area contributed by atoms with Gasteiger partial charge < -0.3 is 4.74 Å².